The van der Waals surface area contributed by atoms with Gasteiger partial charge in [-0.15, -0.1) is 10.2 Å². The Morgan fingerprint density at radius 1 is 1.53 bits per heavy atom. The van der Waals surface area contributed by atoms with E-state index in [1.165, 1.54) is 11.3 Å². The largest absolute Gasteiger partial charge is 0.377 e. The number of methoxy groups -OCH3 is 1. The van der Waals surface area contributed by atoms with Gasteiger partial charge in [-0.3, -0.25) is 4.79 Å². The lowest BCUT2D eigenvalue weighted by molar-refractivity contribution is -0.116. The Bertz CT molecular complexity index is 555. The van der Waals surface area contributed by atoms with Gasteiger partial charge < -0.3 is 10.1 Å². The van der Waals surface area contributed by atoms with Crippen molar-refractivity contribution in [3.63, 3.8) is 0 Å². The van der Waals surface area contributed by atoms with Crippen LogP contribution in [0, 0.1) is 5.92 Å². The van der Waals surface area contributed by atoms with E-state index in [2.05, 4.69) is 15.5 Å². The van der Waals surface area contributed by atoms with Gasteiger partial charge in [-0.25, -0.2) is 8.42 Å². The van der Waals surface area contributed by atoms with Crippen molar-refractivity contribution in [1.82, 2.24) is 10.2 Å². The van der Waals surface area contributed by atoms with E-state index in [-0.39, 0.29) is 29.8 Å². The Balaban J connectivity index is 1.84. The first-order valence-electron chi connectivity index (χ1n) is 5.80. The molecule has 0 unspecified atom stereocenters. The fraction of sp³-hybridized carbons (Fsp3) is 0.700. The molecule has 0 saturated carbocycles. The molecule has 1 aliphatic rings. The predicted octanol–water partition coefficient (Wildman–Crippen LogP) is 0.448. The number of anilines is 1. The second kappa shape index (κ2) is 5.93. The van der Waals surface area contributed by atoms with Crippen LogP contribution in [0.5, 0.6) is 0 Å². The highest BCUT2D eigenvalue weighted by Gasteiger charge is 2.29. The molecule has 7 nitrogen and oxygen atoms in total. The summed E-state index contributed by atoms with van der Waals surface area (Å²) < 4.78 is 27.5. The minimum absolute atomic E-state index is 0.0867. The topological polar surface area (TPSA) is 98.2 Å². The van der Waals surface area contributed by atoms with Crippen LogP contribution in [0.2, 0.25) is 0 Å². The Kier molecular flexibility index (Phi) is 4.48. The van der Waals surface area contributed by atoms with E-state index >= 15 is 0 Å². The number of nitrogens with zero attached hydrogens (tertiary/aromatic N) is 2. The van der Waals surface area contributed by atoms with Crippen molar-refractivity contribution in [3.8, 4) is 0 Å². The van der Waals surface area contributed by atoms with Crippen LogP contribution in [0.3, 0.4) is 0 Å². The average Bonchev–Trinajstić information content (AvgIpc) is 2.86. The van der Waals surface area contributed by atoms with Gasteiger partial charge in [0.05, 0.1) is 11.5 Å². The highest BCUT2D eigenvalue weighted by atomic mass is 32.2. The average molecular weight is 305 g/mol. The van der Waals surface area contributed by atoms with Crippen molar-refractivity contribution >= 4 is 32.2 Å². The van der Waals surface area contributed by atoms with Crippen molar-refractivity contribution in [2.45, 2.75) is 19.4 Å². The normalized spacial score (nSPS) is 21.4. The molecule has 1 aromatic rings. The van der Waals surface area contributed by atoms with Gasteiger partial charge in [-0.1, -0.05) is 11.3 Å². The zero-order valence-electron chi connectivity index (χ0n) is 10.5. The highest BCUT2D eigenvalue weighted by molar-refractivity contribution is 7.91. The van der Waals surface area contributed by atoms with Crippen LogP contribution in [0.4, 0.5) is 5.13 Å². The van der Waals surface area contributed by atoms with Crippen LogP contribution in [0.1, 0.15) is 17.8 Å². The molecule has 9 heteroatoms. The van der Waals surface area contributed by atoms with Crippen molar-refractivity contribution in [3.05, 3.63) is 5.01 Å². The lowest BCUT2D eigenvalue weighted by Crippen LogP contribution is -2.17. The molecule has 1 aliphatic heterocycles. The molecule has 0 spiro atoms. The smallest absolute Gasteiger partial charge is 0.226 e. The Morgan fingerprint density at radius 2 is 2.32 bits per heavy atom. The molecule has 1 fully saturated rings. The molecule has 1 atom stereocenters. The molecular formula is C10H15N3O4S2. The summed E-state index contributed by atoms with van der Waals surface area (Å²) in [5.74, 6) is -0.0219. The van der Waals surface area contributed by atoms with Gasteiger partial charge >= 0.3 is 0 Å². The maximum Gasteiger partial charge on any atom is 0.226 e. The molecule has 106 valence electrons. The lowest BCUT2D eigenvalue weighted by Gasteiger charge is -2.05. The number of hydrogen-bond donors (Lipinski definition) is 1. The first-order valence-corrected chi connectivity index (χ1v) is 8.44. The van der Waals surface area contributed by atoms with E-state index < -0.39 is 9.84 Å². The summed E-state index contributed by atoms with van der Waals surface area (Å²) in [6.07, 6.45) is 0.763. The number of carbonyl (C=O) groups is 1. The number of aromatic nitrogens is 2. The van der Waals surface area contributed by atoms with Gasteiger partial charge in [-0.2, -0.15) is 0 Å². The lowest BCUT2D eigenvalue weighted by atomic mass is 10.1. The molecule has 19 heavy (non-hydrogen) atoms. The first-order chi connectivity index (χ1) is 8.98. The number of sulfone groups is 1. The van der Waals surface area contributed by atoms with Crippen LogP contribution < -0.4 is 5.32 Å². The molecule has 1 saturated heterocycles. The van der Waals surface area contributed by atoms with E-state index in [4.69, 9.17) is 4.74 Å². The fourth-order valence-corrected chi connectivity index (χ4v) is 4.54. The second-order valence-electron chi connectivity index (χ2n) is 4.46. The van der Waals surface area contributed by atoms with E-state index in [1.807, 2.05) is 0 Å². The Morgan fingerprint density at radius 3 is 2.95 bits per heavy atom. The van der Waals surface area contributed by atoms with Crippen molar-refractivity contribution in [1.29, 1.82) is 0 Å². The molecule has 1 aromatic heterocycles. The van der Waals surface area contributed by atoms with Crippen LogP contribution in [0.15, 0.2) is 0 Å². The Labute approximate surface area is 115 Å². The molecule has 2 rings (SSSR count). The summed E-state index contributed by atoms with van der Waals surface area (Å²) >= 11 is 1.25. The first kappa shape index (κ1) is 14.4. The van der Waals surface area contributed by atoms with Crippen molar-refractivity contribution in [2.75, 3.05) is 23.9 Å². The molecule has 1 amide bonds. The number of carbonyl (C=O) groups excluding carboxylic acids is 1. The third-order valence-corrected chi connectivity index (χ3v) is 5.43. The van der Waals surface area contributed by atoms with E-state index in [0.29, 0.717) is 23.2 Å². The maximum atomic E-state index is 11.7. The number of ether oxygens (including phenoxy) is 1. The third-order valence-electron chi connectivity index (χ3n) is 2.78. The van der Waals surface area contributed by atoms with E-state index in [1.54, 1.807) is 7.11 Å². The zero-order chi connectivity index (χ0) is 13.9. The SMILES string of the molecule is COCc1nnc(NC(=O)C[C@@H]2CCS(=O)(=O)C2)s1. The molecular weight excluding hydrogens is 290 g/mol. The monoisotopic (exact) mass is 305 g/mol. The van der Waals surface area contributed by atoms with Gasteiger partial charge in [0.2, 0.25) is 11.0 Å². The van der Waals surface area contributed by atoms with Crippen molar-refractivity contribution in [2.24, 2.45) is 5.92 Å². The van der Waals surface area contributed by atoms with E-state index in [9.17, 15) is 13.2 Å². The van der Waals surface area contributed by atoms with Gasteiger partial charge in [0.1, 0.15) is 11.6 Å². The molecule has 0 radical (unpaired) electrons. The standard InChI is InChI=1S/C10H15N3O4S2/c1-17-5-9-12-13-10(18-9)11-8(14)4-7-2-3-19(15,16)6-7/h7H,2-6H2,1H3,(H,11,13,14)/t7-/m0/s1. The molecule has 0 aliphatic carbocycles. The van der Waals surface area contributed by atoms with Gasteiger partial charge in [0.15, 0.2) is 9.84 Å². The van der Waals surface area contributed by atoms with Crippen molar-refractivity contribution < 1.29 is 17.9 Å². The summed E-state index contributed by atoms with van der Waals surface area (Å²) in [4.78, 5) is 11.7. The molecule has 2 heterocycles. The fourth-order valence-electron chi connectivity index (χ4n) is 1.95. The predicted molar refractivity (Wildman–Crippen MR) is 70.6 cm³/mol. The quantitative estimate of drug-likeness (QED) is 0.848. The summed E-state index contributed by atoms with van der Waals surface area (Å²) in [6, 6.07) is 0. The summed E-state index contributed by atoms with van der Waals surface area (Å²) in [7, 11) is -1.38. The van der Waals surface area contributed by atoms with Crippen LogP contribution in [-0.4, -0.2) is 43.1 Å². The highest BCUT2D eigenvalue weighted by Crippen LogP contribution is 2.23. The van der Waals surface area contributed by atoms with Crippen LogP contribution >= 0.6 is 11.3 Å². The maximum absolute atomic E-state index is 11.7. The molecule has 0 bridgehead atoms. The minimum atomic E-state index is -2.94. The number of amides is 1. The Hall–Kier alpha value is -1.06. The molecule has 1 N–H and O–H groups in total. The van der Waals surface area contributed by atoms with Crippen LogP contribution in [-0.2, 0) is 26.0 Å². The second-order valence-corrected chi connectivity index (χ2v) is 7.75. The summed E-state index contributed by atoms with van der Waals surface area (Å²) in [5.41, 5.74) is 0. The third kappa shape index (κ3) is 4.22. The van der Waals surface area contributed by atoms with E-state index in [0.717, 1.165) is 0 Å². The zero-order valence-corrected chi connectivity index (χ0v) is 12.1. The van der Waals surface area contributed by atoms with Crippen LogP contribution in [0.25, 0.3) is 0 Å². The number of hydrogen-bond acceptors (Lipinski definition) is 7. The minimum Gasteiger partial charge on any atom is -0.377 e. The van der Waals surface area contributed by atoms with Gasteiger partial charge in [0, 0.05) is 13.5 Å². The number of nitrogens with one attached hydrogen (secondary N) is 1. The number of rotatable bonds is 5. The summed E-state index contributed by atoms with van der Waals surface area (Å²) in [5, 5.41) is 11.4. The van der Waals surface area contributed by atoms with Gasteiger partial charge in [0.25, 0.3) is 0 Å². The summed E-state index contributed by atoms with van der Waals surface area (Å²) in [6.45, 7) is 0.356. The van der Waals surface area contributed by atoms with Gasteiger partial charge in [-0.05, 0) is 12.3 Å². The molecule has 0 aromatic carbocycles.